The van der Waals surface area contributed by atoms with E-state index in [0.717, 1.165) is 0 Å². The van der Waals surface area contributed by atoms with Gasteiger partial charge in [-0.25, -0.2) is 0 Å². The molecule has 0 heterocycles. The van der Waals surface area contributed by atoms with Crippen LogP contribution < -0.4 is 17.2 Å². The van der Waals surface area contributed by atoms with E-state index in [1.807, 2.05) is 0 Å². The normalized spacial score (nSPS) is 29.5. The van der Waals surface area contributed by atoms with Gasteiger partial charge in [0.2, 0.25) is 0 Å². The Morgan fingerprint density at radius 2 is 1.14 bits per heavy atom. The van der Waals surface area contributed by atoms with Crippen molar-refractivity contribution in [3.8, 4) is 0 Å². The lowest BCUT2D eigenvalue weighted by Crippen LogP contribution is -2.16. The maximum Gasteiger partial charge on any atom is 0.0431 e. The standard InChI is InChI=1S/3C5H14N2/c3*1-7(2)5-3-4-6/h3*3-6H2,1-2H3/i1D3,2D3,3D2,5D2;1D3,2D3,5D2;5D2. The number of hydrogen-bond donors (Lipinski definition) is 3. The number of nitrogens with two attached hydrogens (primary N) is 3. The van der Waals surface area contributed by atoms with Crippen LogP contribution in [0.5, 0.6) is 0 Å². The van der Waals surface area contributed by atoms with Crippen molar-refractivity contribution in [2.45, 2.75) is 19.2 Å². The van der Waals surface area contributed by atoms with Crippen LogP contribution in [0.3, 0.4) is 0 Å². The first-order valence-corrected chi connectivity index (χ1v) is 6.00. The maximum atomic E-state index is 7.42. The van der Waals surface area contributed by atoms with Gasteiger partial charge in [0.15, 0.2) is 0 Å². The Balaban J connectivity index is -0.000000553. The summed E-state index contributed by atoms with van der Waals surface area (Å²) in [7, 11) is 3.41. The van der Waals surface area contributed by atoms with E-state index >= 15 is 0 Å². The highest BCUT2D eigenvalue weighted by atomic mass is 15.1. The van der Waals surface area contributed by atoms with Crippen molar-refractivity contribution in [3.63, 3.8) is 0 Å². The molecule has 0 aromatic rings. The zero-order valence-corrected chi connectivity index (χ0v) is 12.6. The first-order valence-electron chi connectivity index (χ1n) is 16.0. The van der Waals surface area contributed by atoms with Crippen LogP contribution in [0, 0.1) is 0 Å². The first-order chi connectivity index (χ1) is 17.6. The minimum absolute atomic E-state index is 0.0974. The second-order valence-corrected chi connectivity index (χ2v) is 3.45. The van der Waals surface area contributed by atoms with Gasteiger partial charge in [-0.3, -0.25) is 0 Å². The van der Waals surface area contributed by atoms with E-state index in [4.69, 9.17) is 44.6 Å². The molecule has 6 N–H and O–H groups in total. The average molecular weight is 327 g/mol. The van der Waals surface area contributed by atoms with Gasteiger partial charge in [-0.15, -0.1) is 0 Å². The molecule has 6 nitrogen and oxygen atoms in total. The molecular formula is C15H42N6. The predicted molar refractivity (Wildman–Crippen MR) is 96.7 cm³/mol. The van der Waals surface area contributed by atoms with E-state index in [-0.39, 0.29) is 17.9 Å². The van der Waals surface area contributed by atoms with Crippen molar-refractivity contribution in [3.05, 3.63) is 0 Å². The molecule has 0 aromatic heterocycles. The third-order valence-electron chi connectivity index (χ3n) is 1.28. The van der Waals surface area contributed by atoms with Crippen molar-refractivity contribution >= 4 is 0 Å². The smallest absolute Gasteiger partial charge is 0.0431 e. The summed E-state index contributed by atoms with van der Waals surface area (Å²) in [6.45, 7) is -20.2. The van der Waals surface area contributed by atoms with Crippen LogP contribution in [0.4, 0.5) is 0 Å². The summed E-state index contributed by atoms with van der Waals surface area (Å²) in [5.74, 6) is 0. The van der Waals surface area contributed by atoms with E-state index in [9.17, 15) is 0 Å². The molecule has 0 atom stereocenters. The molecular weight excluding hydrogens is 264 g/mol. The number of rotatable bonds is 9. The highest BCUT2D eigenvalue weighted by molar-refractivity contribution is 4.43. The third-order valence-corrected chi connectivity index (χ3v) is 1.28. The van der Waals surface area contributed by atoms with Crippen LogP contribution in [-0.4, -0.2) is 95.8 Å². The van der Waals surface area contributed by atoms with Crippen molar-refractivity contribution in [2.75, 3.05) is 81.1 Å². The van der Waals surface area contributed by atoms with Crippen molar-refractivity contribution in [1.82, 2.24) is 14.7 Å². The molecule has 0 amide bonds. The van der Waals surface area contributed by atoms with Gasteiger partial charge in [0, 0.05) is 27.4 Å². The molecule has 0 bridgehead atoms. The summed E-state index contributed by atoms with van der Waals surface area (Å²) in [4.78, 5) is 0.986. The molecule has 0 saturated carbocycles. The van der Waals surface area contributed by atoms with Crippen molar-refractivity contribution in [2.24, 2.45) is 17.2 Å². The second-order valence-electron chi connectivity index (χ2n) is 3.45. The number of nitrogens with zero attached hydrogens (tertiary/aromatic N) is 3. The summed E-state index contributed by atoms with van der Waals surface area (Å²) in [6.07, 6.45) is -2.78. The van der Waals surface area contributed by atoms with Gasteiger partial charge in [-0.1, -0.05) is 0 Å². The van der Waals surface area contributed by atoms with Crippen LogP contribution in [0.15, 0.2) is 0 Å². The second kappa shape index (κ2) is 22.0. The van der Waals surface area contributed by atoms with Gasteiger partial charge in [0.25, 0.3) is 0 Å². The Morgan fingerprint density at radius 1 is 0.714 bits per heavy atom. The average Bonchev–Trinajstić information content (AvgIpc) is 2.62. The summed E-state index contributed by atoms with van der Waals surface area (Å²) in [5, 5.41) is 0. The lowest BCUT2D eigenvalue weighted by molar-refractivity contribution is 0.403. The Morgan fingerprint density at radius 3 is 1.43 bits per heavy atom. The fraction of sp³-hybridized carbons (Fsp3) is 1.00. The van der Waals surface area contributed by atoms with Gasteiger partial charge in [0.05, 0.1) is 0 Å². The number of hydrogen-bond acceptors (Lipinski definition) is 6. The van der Waals surface area contributed by atoms with Gasteiger partial charge >= 0.3 is 0 Å². The van der Waals surface area contributed by atoms with Gasteiger partial charge in [-0.2, -0.15) is 0 Å². The van der Waals surface area contributed by atoms with Crippen molar-refractivity contribution < 1.29 is 27.4 Å². The Bertz CT molecular complexity index is 713. The molecule has 132 valence electrons. The molecule has 0 spiro atoms. The molecule has 0 radical (unpaired) electrons. The van der Waals surface area contributed by atoms with Crippen LogP contribution in [0.2, 0.25) is 0 Å². The largest absolute Gasteiger partial charge is 0.330 e. The molecule has 0 unspecified atom stereocenters. The van der Waals surface area contributed by atoms with Gasteiger partial charge in [0.1, 0.15) is 0 Å². The summed E-state index contributed by atoms with van der Waals surface area (Å²) in [6, 6.07) is 0. The minimum Gasteiger partial charge on any atom is -0.330 e. The lowest BCUT2D eigenvalue weighted by atomic mass is 10.4. The van der Waals surface area contributed by atoms with E-state index in [2.05, 4.69) is 0 Å². The van der Waals surface area contributed by atoms with Gasteiger partial charge in [-0.05, 0) is 100 Å². The van der Waals surface area contributed by atoms with E-state index < -0.39 is 65.2 Å². The quantitative estimate of drug-likeness (QED) is 0.539. The van der Waals surface area contributed by atoms with E-state index in [0.29, 0.717) is 13.0 Å². The zero-order valence-electron chi connectivity index (χ0n) is 32.6. The summed E-state index contributed by atoms with van der Waals surface area (Å²) in [5.41, 5.74) is 15.3. The molecule has 0 aliphatic rings. The Kier molecular flexibility index (Phi) is 5.97. The highest BCUT2D eigenvalue weighted by Crippen LogP contribution is 1.77. The lowest BCUT2D eigenvalue weighted by Gasteiger charge is -2.05. The minimum atomic E-state index is -3.31. The van der Waals surface area contributed by atoms with Crippen LogP contribution in [0.1, 0.15) is 46.6 Å². The molecule has 0 aliphatic heterocycles. The highest BCUT2D eigenvalue weighted by Gasteiger charge is 1.85. The van der Waals surface area contributed by atoms with E-state index in [1.54, 1.807) is 14.1 Å². The monoisotopic (exact) mass is 326 g/mol. The van der Waals surface area contributed by atoms with E-state index in [1.165, 1.54) is 4.90 Å². The topological polar surface area (TPSA) is 87.8 Å². The third kappa shape index (κ3) is 45.1. The van der Waals surface area contributed by atoms with Crippen LogP contribution in [0.25, 0.3) is 0 Å². The predicted octanol–water partition coefficient (Wildman–Crippen LogP) is -0.310. The SMILES string of the molecule is [2H]C([2H])(CCN)N(C)C.[2H]C([2H])([2H])N(C([2H])([2H])[2H])C([2H])([2H])C([2H])([2H])CN.[2H]C([2H])([2H])N(C([2H])([2H])[2H])C([2H])([2H])CCN. The van der Waals surface area contributed by atoms with Gasteiger partial charge < -0.3 is 31.9 Å². The zero-order chi connectivity index (χ0) is 34.3. The Labute approximate surface area is 161 Å². The molecule has 0 rings (SSSR count). The summed E-state index contributed by atoms with van der Waals surface area (Å²) >= 11 is 0. The molecule has 0 fully saturated rings. The maximum absolute atomic E-state index is 7.42. The van der Waals surface area contributed by atoms with Crippen LogP contribution in [-0.2, 0) is 0 Å². The fourth-order valence-corrected chi connectivity index (χ4v) is 0.589. The Hall–Kier alpha value is -0.240. The molecule has 6 heteroatoms. The molecule has 0 aromatic carbocycles. The van der Waals surface area contributed by atoms with Crippen LogP contribution >= 0.6 is 0 Å². The van der Waals surface area contributed by atoms with Crippen molar-refractivity contribution in [1.29, 1.82) is 0 Å². The molecule has 0 aliphatic carbocycles. The molecule has 0 saturated heterocycles. The first kappa shape index (κ1) is 5.69. The molecule has 21 heavy (non-hydrogen) atoms. The fourth-order valence-electron chi connectivity index (χ4n) is 0.589. The summed E-state index contributed by atoms with van der Waals surface area (Å²) < 4.78 is 143.